The quantitative estimate of drug-likeness (QED) is 0.594. The van der Waals surface area contributed by atoms with Crippen LogP contribution in [0.15, 0.2) is 12.1 Å². The second-order valence-electron chi connectivity index (χ2n) is 4.32. The molecule has 3 nitrogen and oxygen atoms in total. The van der Waals surface area contributed by atoms with Crippen LogP contribution in [0.5, 0.6) is 0 Å². The van der Waals surface area contributed by atoms with Gasteiger partial charge in [-0.15, -0.1) is 0 Å². The molecule has 0 aromatic heterocycles. The van der Waals surface area contributed by atoms with Gasteiger partial charge < -0.3 is 10.5 Å². The van der Waals surface area contributed by atoms with Gasteiger partial charge in [0.25, 0.3) is 0 Å². The number of rotatable bonds is 1. The molecule has 0 atom stereocenters. The minimum atomic E-state index is -1.09. The number of halogens is 2. The smallest absolute Gasteiger partial charge is 0.341 e. The summed E-state index contributed by atoms with van der Waals surface area (Å²) >= 11 is 0. The molecule has 0 aliphatic rings. The number of carbonyl (C=O) groups excluding carboxylic acids is 1. The molecule has 0 unspecified atom stereocenters. The molecule has 0 bridgehead atoms. The van der Waals surface area contributed by atoms with Crippen molar-refractivity contribution in [2.75, 3.05) is 5.73 Å². The summed E-state index contributed by atoms with van der Waals surface area (Å²) in [6.45, 7) is 4.95. The number of nitrogen functional groups attached to an aromatic ring is 1. The average Bonchev–Trinajstić information content (AvgIpc) is 2.11. The highest BCUT2D eigenvalue weighted by Gasteiger charge is 2.22. The molecule has 0 spiro atoms. The van der Waals surface area contributed by atoms with Gasteiger partial charge in [0.05, 0.1) is 5.56 Å². The summed E-state index contributed by atoms with van der Waals surface area (Å²) in [6.07, 6.45) is 0. The number of hydrogen-bond acceptors (Lipinski definition) is 3. The molecule has 1 aromatic carbocycles. The fourth-order valence-corrected chi connectivity index (χ4v) is 1.06. The van der Waals surface area contributed by atoms with Gasteiger partial charge in [-0.05, 0) is 32.9 Å². The van der Waals surface area contributed by atoms with Crippen molar-refractivity contribution in [3.63, 3.8) is 0 Å². The zero-order valence-corrected chi connectivity index (χ0v) is 9.30. The van der Waals surface area contributed by atoms with Crippen LogP contribution in [0.2, 0.25) is 0 Å². The molecule has 0 heterocycles. The molecule has 0 aliphatic heterocycles. The van der Waals surface area contributed by atoms with Crippen LogP contribution in [0, 0.1) is 11.6 Å². The van der Waals surface area contributed by atoms with E-state index < -0.39 is 28.9 Å². The van der Waals surface area contributed by atoms with Gasteiger partial charge in [-0.25, -0.2) is 13.6 Å². The third kappa shape index (κ3) is 2.68. The molecular formula is C11H13F2NO2. The Labute approximate surface area is 92.2 Å². The van der Waals surface area contributed by atoms with Crippen LogP contribution in [0.25, 0.3) is 0 Å². The fraction of sp³-hybridized carbons (Fsp3) is 0.364. The maximum absolute atomic E-state index is 13.4. The first kappa shape index (κ1) is 12.4. The fourth-order valence-electron chi connectivity index (χ4n) is 1.06. The van der Waals surface area contributed by atoms with Crippen molar-refractivity contribution in [1.29, 1.82) is 0 Å². The maximum Gasteiger partial charge on any atom is 0.341 e. The number of benzene rings is 1. The molecule has 88 valence electrons. The summed E-state index contributed by atoms with van der Waals surface area (Å²) in [4.78, 5) is 11.5. The van der Waals surface area contributed by atoms with E-state index in [-0.39, 0.29) is 5.56 Å². The highest BCUT2D eigenvalue weighted by atomic mass is 19.1. The zero-order valence-electron chi connectivity index (χ0n) is 9.30. The van der Waals surface area contributed by atoms with Gasteiger partial charge in [0, 0.05) is 0 Å². The van der Waals surface area contributed by atoms with Crippen molar-refractivity contribution in [3.05, 3.63) is 29.3 Å². The predicted octanol–water partition coefficient (Wildman–Crippen LogP) is 2.50. The van der Waals surface area contributed by atoms with Gasteiger partial charge in [0.15, 0.2) is 5.82 Å². The number of anilines is 1. The number of nitrogens with two attached hydrogens (primary N) is 1. The van der Waals surface area contributed by atoms with Crippen LogP contribution in [0.4, 0.5) is 14.5 Å². The molecule has 0 amide bonds. The Balaban J connectivity index is 3.06. The summed E-state index contributed by atoms with van der Waals surface area (Å²) in [6, 6.07) is 1.94. The highest BCUT2D eigenvalue weighted by molar-refractivity contribution is 5.91. The van der Waals surface area contributed by atoms with Crippen molar-refractivity contribution < 1.29 is 18.3 Å². The zero-order chi connectivity index (χ0) is 12.5. The number of esters is 1. The largest absolute Gasteiger partial charge is 0.456 e. The molecule has 0 fully saturated rings. The number of carbonyl (C=O) groups is 1. The Morgan fingerprint density at radius 3 is 2.38 bits per heavy atom. The van der Waals surface area contributed by atoms with Crippen LogP contribution >= 0.6 is 0 Å². The number of ether oxygens (including phenoxy) is 1. The van der Waals surface area contributed by atoms with E-state index in [4.69, 9.17) is 10.5 Å². The second kappa shape index (κ2) is 4.08. The van der Waals surface area contributed by atoms with Crippen LogP contribution < -0.4 is 5.73 Å². The van der Waals surface area contributed by atoms with Crippen LogP contribution in [0.3, 0.4) is 0 Å². The minimum Gasteiger partial charge on any atom is -0.456 e. The Bertz CT molecular complexity index is 425. The highest BCUT2D eigenvalue weighted by Crippen LogP contribution is 2.21. The third-order valence-corrected chi connectivity index (χ3v) is 1.75. The lowest BCUT2D eigenvalue weighted by Gasteiger charge is -2.19. The van der Waals surface area contributed by atoms with Crippen LogP contribution in [0.1, 0.15) is 31.1 Å². The van der Waals surface area contributed by atoms with E-state index in [1.807, 2.05) is 0 Å². The Morgan fingerprint density at radius 1 is 1.31 bits per heavy atom. The first-order valence-electron chi connectivity index (χ1n) is 4.69. The molecular weight excluding hydrogens is 216 g/mol. The first-order valence-corrected chi connectivity index (χ1v) is 4.69. The minimum absolute atomic E-state index is 0.367. The van der Waals surface area contributed by atoms with Gasteiger partial charge in [-0.3, -0.25) is 0 Å². The van der Waals surface area contributed by atoms with Crippen LogP contribution in [-0.2, 0) is 4.74 Å². The van der Waals surface area contributed by atoms with E-state index >= 15 is 0 Å². The van der Waals surface area contributed by atoms with Gasteiger partial charge in [-0.1, -0.05) is 0 Å². The summed E-state index contributed by atoms with van der Waals surface area (Å²) < 4.78 is 31.2. The van der Waals surface area contributed by atoms with Crippen molar-refractivity contribution in [2.24, 2.45) is 0 Å². The predicted molar refractivity (Wildman–Crippen MR) is 55.9 cm³/mol. The van der Waals surface area contributed by atoms with Crippen molar-refractivity contribution in [2.45, 2.75) is 26.4 Å². The molecule has 5 heteroatoms. The van der Waals surface area contributed by atoms with E-state index in [2.05, 4.69) is 0 Å². The Kier molecular flexibility index (Phi) is 3.16. The molecule has 0 saturated heterocycles. The van der Waals surface area contributed by atoms with Crippen molar-refractivity contribution >= 4 is 11.7 Å². The molecule has 0 aliphatic carbocycles. The van der Waals surface area contributed by atoms with E-state index in [1.54, 1.807) is 20.8 Å². The van der Waals surface area contributed by atoms with Crippen molar-refractivity contribution in [1.82, 2.24) is 0 Å². The van der Waals surface area contributed by atoms with E-state index in [0.717, 1.165) is 12.1 Å². The maximum atomic E-state index is 13.4. The van der Waals surface area contributed by atoms with Crippen molar-refractivity contribution in [3.8, 4) is 0 Å². The first-order chi connectivity index (χ1) is 7.22. The van der Waals surface area contributed by atoms with E-state index in [1.165, 1.54) is 0 Å². The Morgan fingerprint density at radius 2 is 1.88 bits per heavy atom. The molecule has 1 aromatic rings. The molecule has 1 rings (SSSR count). The lowest BCUT2D eigenvalue weighted by atomic mass is 10.1. The Hall–Kier alpha value is -1.65. The molecule has 0 radical (unpaired) electrons. The molecule has 2 N–H and O–H groups in total. The SMILES string of the molecule is CC(C)(C)OC(=O)c1ccc(F)c(N)c1F. The topological polar surface area (TPSA) is 52.3 Å². The van der Waals surface area contributed by atoms with E-state index in [0.29, 0.717) is 0 Å². The number of hydrogen-bond donors (Lipinski definition) is 1. The standard InChI is InChI=1S/C11H13F2NO2/c1-11(2,3)16-10(15)6-4-5-7(12)9(14)8(6)13/h4-5H,14H2,1-3H3. The van der Waals surface area contributed by atoms with Gasteiger partial charge in [0.1, 0.15) is 17.1 Å². The second-order valence-corrected chi connectivity index (χ2v) is 4.32. The summed E-state index contributed by atoms with van der Waals surface area (Å²) in [5.74, 6) is -2.85. The van der Waals surface area contributed by atoms with E-state index in [9.17, 15) is 13.6 Å². The van der Waals surface area contributed by atoms with Gasteiger partial charge in [-0.2, -0.15) is 0 Å². The molecule has 0 saturated carbocycles. The molecule has 16 heavy (non-hydrogen) atoms. The lowest BCUT2D eigenvalue weighted by Crippen LogP contribution is -2.24. The van der Waals surface area contributed by atoms with Gasteiger partial charge in [0.2, 0.25) is 0 Å². The summed E-state index contributed by atoms with van der Waals surface area (Å²) in [7, 11) is 0. The third-order valence-electron chi connectivity index (χ3n) is 1.75. The summed E-state index contributed by atoms with van der Waals surface area (Å²) in [5.41, 5.74) is 3.34. The average molecular weight is 229 g/mol. The summed E-state index contributed by atoms with van der Waals surface area (Å²) in [5, 5.41) is 0. The lowest BCUT2D eigenvalue weighted by molar-refractivity contribution is 0.00648. The van der Waals surface area contributed by atoms with Crippen LogP contribution in [-0.4, -0.2) is 11.6 Å². The normalized spacial score (nSPS) is 11.3. The monoisotopic (exact) mass is 229 g/mol. The van der Waals surface area contributed by atoms with Gasteiger partial charge >= 0.3 is 5.97 Å².